The van der Waals surface area contributed by atoms with Gasteiger partial charge in [0.05, 0.1) is 28.5 Å². The van der Waals surface area contributed by atoms with Gasteiger partial charge in [0.15, 0.2) is 5.78 Å². The summed E-state index contributed by atoms with van der Waals surface area (Å²) in [4.78, 5) is 12.5. The third kappa shape index (κ3) is 3.02. The minimum atomic E-state index is 0.0175. The summed E-state index contributed by atoms with van der Waals surface area (Å²) in [6.07, 6.45) is 1.83. The van der Waals surface area contributed by atoms with Gasteiger partial charge in [-0.05, 0) is 25.8 Å². The first kappa shape index (κ1) is 15.8. The van der Waals surface area contributed by atoms with Crippen molar-refractivity contribution in [2.75, 3.05) is 0 Å². The van der Waals surface area contributed by atoms with E-state index in [1.165, 1.54) is 0 Å². The quantitative estimate of drug-likeness (QED) is 0.771. The molecular weight excluding hydrogens is 288 g/mol. The summed E-state index contributed by atoms with van der Waals surface area (Å²) >= 11 is 6.35. The molecule has 5 nitrogen and oxygen atoms in total. The molecule has 0 radical (unpaired) electrons. The van der Waals surface area contributed by atoms with Crippen LogP contribution in [0.2, 0.25) is 5.02 Å². The minimum Gasteiger partial charge on any atom is -0.292 e. The van der Waals surface area contributed by atoms with Crippen LogP contribution < -0.4 is 0 Å². The van der Waals surface area contributed by atoms with Crippen molar-refractivity contribution in [3.05, 3.63) is 33.9 Å². The lowest BCUT2D eigenvalue weighted by Gasteiger charge is -2.05. The number of ketones is 1. The lowest BCUT2D eigenvalue weighted by atomic mass is 10.1. The van der Waals surface area contributed by atoms with Crippen LogP contribution in [0.1, 0.15) is 48.3 Å². The van der Waals surface area contributed by atoms with Crippen LogP contribution in [0.3, 0.4) is 0 Å². The highest BCUT2D eigenvalue weighted by molar-refractivity contribution is 6.32. The molecule has 2 aromatic rings. The molecule has 0 amide bonds. The zero-order chi connectivity index (χ0) is 15.6. The maximum atomic E-state index is 12.5. The number of carbonyl (C=O) groups excluding carboxylic acids is 1. The normalized spacial score (nSPS) is 11.1. The van der Waals surface area contributed by atoms with Crippen LogP contribution in [-0.4, -0.2) is 25.3 Å². The van der Waals surface area contributed by atoms with E-state index < -0.39 is 0 Å². The van der Waals surface area contributed by atoms with Gasteiger partial charge in [0.1, 0.15) is 5.69 Å². The molecule has 6 heteroatoms. The second-order valence-corrected chi connectivity index (χ2v) is 5.35. The number of carbonyl (C=O) groups is 1. The predicted molar refractivity (Wildman–Crippen MR) is 82.9 cm³/mol. The zero-order valence-electron chi connectivity index (χ0n) is 13.0. The van der Waals surface area contributed by atoms with Gasteiger partial charge in [0.25, 0.3) is 0 Å². The fraction of sp³-hybridized carbons (Fsp3) is 0.533. The van der Waals surface area contributed by atoms with E-state index in [2.05, 4.69) is 10.2 Å². The number of hydrogen-bond donors (Lipinski definition) is 0. The lowest BCUT2D eigenvalue weighted by Crippen LogP contribution is -2.13. The summed E-state index contributed by atoms with van der Waals surface area (Å²) < 4.78 is 3.46. The second-order valence-electron chi connectivity index (χ2n) is 4.97. The first-order chi connectivity index (χ1) is 10.0. The van der Waals surface area contributed by atoms with Gasteiger partial charge in [0.2, 0.25) is 0 Å². The van der Waals surface area contributed by atoms with Crippen LogP contribution in [0, 0.1) is 0 Å². The predicted octanol–water partition coefficient (Wildman–Crippen LogP) is 2.84. The van der Waals surface area contributed by atoms with E-state index in [9.17, 15) is 4.79 Å². The molecule has 0 aliphatic rings. The summed E-state index contributed by atoms with van der Waals surface area (Å²) in [6, 6.07) is 1.85. The van der Waals surface area contributed by atoms with Crippen molar-refractivity contribution in [1.29, 1.82) is 0 Å². The topological polar surface area (TPSA) is 52.7 Å². The Bertz CT molecular complexity index is 657. The van der Waals surface area contributed by atoms with E-state index in [-0.39, 0.29) is 12.2 Å². The van der Waals surface area contributed by atoms with Crippen LogP contribution in [-0.2, 0) is 32.9 Å². The van der Waals surface area contributed by atoms with Gasteiger partial charge in [-0.15, -0.1) is 0 Å². The third-order valence-electron chi connectivity index (χ3n) is 3.60. The molecule has 0 spiro atoms. The average Bonchev–Trinajstić information content (AvgIpc) is 3.00. The van der Waals surface area contributed by atoms with Gasteiger partial charge in [-0.25, -0.2) is 0 Å². The molecule has 2 heterocycles. The van der Waals surface area contributed by atoms with Crippen molar-refractivity contribution < 1.29 is 4.79 Å². The summed E-state index contributed by atoms with van der Waals surface area (Å²) in [5.74, 6) is 0.0175. The van der Waals surface area contributed by atoms with Crippen molar-refractivity contribution in [1.82, 2.24) is 19.6 Å². The molecule has 2 rings (SSSR count). The van der Waals surface area contributed by atoms with Gasteiger partial charge in [0, 0.05) is 13.6 Å². The molecule has 0 fully saturated rings. The van der Waals surface area contributed by atoms with Crippen molar-refractivity contribution >= 4 is 17.4 Å². The van der Waals surface area contributed by atoms with E-state index in [0.717, 1.165) is 29.9 Å². The number of rotatable bonds is 6. The van der Waals surface area contributed by atoms with Crippen LogP contribution in [0.4, 0.5) is 0 Å². The van der Waals surface area contributed by atoms with Crippen molar-refractivity contribution in [2.45, 2.75) is 46.6 Å². The highest BCUT2D eigenvalue weighted by Gasteiger charge is 2.20. The molecular formula is C15H21ClN4O. The number of Topliss-reactive ketones (excluding diaryl/α,β-unsaturated/α-hetero) is 1. The van der Waals surface area contributed by atoms with Gasteiger partial charge in [-0.3, -0.25) is 14.2 Å². The average molecular weight is 309 g/mol. The smallest absolute Gasteiger partial charge is 0.186 e. The highest BCUT2D eigenvalue weighted by Crippen LogP contribution is 2.23. The van der Waals surface area contributed by atoms with Crippen LogP contribution in [0.5, 0.6) is 0 Å². The molecule has 21 heavy (non-hydrogen) atoms. The minimum absolute atomic E-state index is 0.0175. The molecule has 0 unspecified atom stereocenters. The van der Waals surface area contributed by atoms with Crippen molar-refractivity contribution in [3.63, 3.8) is 0 Å². The molecule has 0 aromatic carbocycles. The Balaban J connectivity index is 2.31. The Morgan fingerprint density at radius 3 is 2.48 bits per heavy atom. The molecule has 2 aromatic heterocycles. The highest BCUT2D eigenvalue weighted by atomic mass is 35.5. The Morgan fingerprint density at radius 1 is 1.24 bits per heavy atom. The molecule has 0 bridgehead atoms. The summed E-state index contributed by atoms with van der Waals surface area (Å²) in [7, 11) is 1.79. The van der Waals surface area contributed by atoms with E-state index >= 15 is 0 Å². The van der Waals surface area contributed by atoms with Crippen LogP contribution >= 0.6 is 11.6 Å². The maximum absolute atomic E-state index is 12.5. The van der Waals surface area contributed by atoms with Crippen LogP contribution in [0.15, 0.2) is 6.07 Å². The lowest BCUT2D eigenvalue weighted by molar-refractivity contribution is 0.0981. The van der Waals surface area contributed by atoms with E-state index in [0.29, 0.717) is 17.3 Å². The molecule has 0 saturated heterocycles. The first-order valence-electron chi connectivity index (χ1n) is 7.31. The molecule has 114 valence electrons. The third-order valence-corrected chi connectivity index (χ3v) is 4.04. The SMILES string of the molecule is CCc1cc(C(=O)Cc2c(Cl)c(CC)nn2CC)n(C)n1. The van der Waals surface area contributed by atoms with Gasteiger partial charge >= 0.3 is 0 Å². The number of aryl methyl sites for hydroxylation is 4. The summed E-state index contributed by atoms with van der Waals surface area (Å²) in [5.41, 5.74) is 3.18. The number of halogens is 1. The van der Waals surface area contributed by atoms with Crippen molar-refractivity contribution in [2.24, 2.45) is 7.05 Å². The monoisotopic (exact) mass is 308 g/mol. The van der Waals surface area contributed by atoms with Crippen molar-refractivity contribution in [3.8, 4) is 0 Å². The first-order valence-corrected chi connectivity index (χ1v) is 7.69. The number of nitrogens with zero attached hydrogens (tertiary/aromatic N) is 4. The fourth-order valence-electron chi connectivity index (χ4n) is 2.39. The molecule has 0 saturated carbocycles. The zero-order valence-corrected chi connectivity index (χ0v) is 13.7. The fourth-order valence-corrected chi connectivity index (χ4v) is 2.72. The Kier molecular flexibility index (Phi) is 4.83. The Hall–Kier alpha value is -1.62. The summed E-state index contributed by atoms with van der Waals surface area (Å²) in [5, 5.41) is 9.38. The van der Waals surface area contributed by atoms with Gasteiger partial charge in [-0.2, -0.15) is 10.2 Å². The molecule has 0 aliphatic carbocycles. The molecule has 0 aliphatic heterocycles. The number of aromatic nitrogens is 4. The largest absolute Gasteiger partial charge is 0.292 e. The van der Waals surface area contributed by atoms with Gasteiger partial charge in [-0.1, -0.05) is 25.4 Å². The molecule has 0 N–H and O–H groups in total. The summed E-state index contributed by atoms with van der Waals surface area (Å²) in [6.45, 7) is 6.73. The van der Waals surface area contributed by atoms with Gasteiger partial charge < -0.3 is 0 Å². The standard InChI is InChI=1S/C15H21ClN4O/c1-5-10-8-12(19(4)17-10)14(21)9-13-15(16)11(6-2)18-20(13)7-3/h8H,5-7,9H2,1-4H3. The Morgan fingerprint density at radius 2 is 1.95 bits per heavy atom. The number of hydrogen-bond acceptors (Lipinski definition) is 3. The van der Waals surface area contributed by atoms with Crippen LogP contribution in [0.25, 0.3) is 0 Å². The van der Waals surface area contributed by atoms with E-state index in [1.807, 2.05) is 31.5 Å². The van der Waals surface area contributed by atoms with E-state index in [4.69, 9.17) is 11.6 Å². The second kappa shape index (κ2) is 6.43. The van der Waals surface area contributed by atoms with E-state index in [1.54, 1.807) is 11.7 Å². The Labute approximate surface area is 129 Å². The maximum Gasteiger partial charge on any atom is 0.186 e. The molecule has 0 atom stereocenters.